The van der Waals surface area contributed by atoms with Gasteiger partial charge in [0, 0.05) is 44.0 Å². The lowest BCUT2D eigenvalue weighted by Crippen LogP contribution is -2.47. The Hall–Kier alpha value is -2.76. The minimum Gasteiger partial charge on any atom is -0.457 e. The predicted molar refractivity (Wildman–Crippen MR) is 122 cm³/mol. The van der Waals surface area contributed by atoms with Gasteiger partial charge in [0.2, 0.25) is 0 Å². The maximum absolute atomic E-state index is 6.09. The minimum atomic E-state index is 0.280. The highest BCUT2D eigenvalue weighted by Gasteiger charge is 2.25. The summed E-state index contributed by atoms with van der Waals surface area (Å²) < 4.78 is 11.9. The fraction of sp³-hybridized carbons (Fsp3) is 0.360. The average Bonchev–Trinajstić information content (AvgIpc) is 3.37. The summed E-state index contributed by atoms with van der Waals surface area (Å²) in [6.07, 6.45) is 5.40. The van der Waals surface area contributed by atoms with E-state index in [-0.39, 0.29) is 12.2 Å². The zero-order chi connectivity index (χ0) is 20.5. The zero-order valence-electron chi connectivity index (χ0n) is 17.5. The minimum absolute atomic E-state index is 0.280. The number of hydrogen-bond acceptors (Lipinski definition) is 5. The average molecular weight is 402 g/mol. The largest absolute Gasteiger partial charge is 0.457 e. The van der Waals surface area contributed by atoms with E-state index >= 15 is 0 Å². The molecule has 0 unspecified atom stereocenters. The van der Waals surface area contributed by atoms with Gasteiger partial charge in [-0.15, -0.1) is 0 Å². The fourth-order valence-corrected chi connectivity index (χ4v) is 4.46. The molecule has 0 aliphatic carbocycles. The summed E-state index contributed by atoms with van der Waals surface area (Å²) in [6.45, 7) is 7.88. The predicted octanol–water partition coefficient (Wildman–Crippen LogP) is 4.68. The van der Waals surface area contributed by atoms with E-state index in [9.17, 15) is 0 Å². The Bertz CT molecular complexity index is 1010. The molecular weight excluding hydrogens is 374 g/mol. The smallest absolute Gasteiger partial charge is 0.129 e. The Morgan fingerprint density at radius 2 is 1.80 bits per heavy atom. The van der Waals surface area contributed by atoms with Gasteiger partial charge in [-0.1, -0.05) is 18.2 Å². The molecule has 0 radical (unpaired) electrons. The number of morpholine rings is 1. The standard InChI is InChI=1S/C25H27N3O2/c1-17-14-28(15-18(2)29-17)16-22-11-20-5-8-24(12-25(20)27-22)30-23-6-3-19(4-7-23)21-9-10-26-13-21/h3-10,12,17-18H,11,13-16H2,1-2H3/t17-,18+. The third kappa shape index (κ3) is 4.23. The van der Waals surface area contributed by atoms with Gasteiger partial charge in [0.25, 0.3) is 0 Å². The molecule has 2 aromatic carbocycles. The van der Waals surface area contributed by atoms with Gasteiger partial charge < -0.3 is 9.47 Å². The van der Waals surface area contributed by atoms with Gasteiger partial charge in [-0.3, -0.25) is 14.9 Å². The molecule has 154 valence electrons. The molecule has 3 heterocycles. The number of benzene rings is 2. The highest BCUT2D eigenvalue weighted by molar-refractivity contribution is 5.95. The van der Waals surface area contributed by atoms with Crippen LogP contribution >= 0.6 is 0 Å². The van der Waals surface area contributed by atoms with Crippen molar-refractivity contribution in [1.82, 2.24) is 4.90 Å². The first-order valence-corrected chi connectivity index (χ1v) is 10.7. The van der Waals surface area contributed by atoms with Crippen LogP contribution in [0.1, 0.15) is 25.0 Å². The third-order valence-corrected chi connectivity index (χ3v) is 5.73. The molecule has 2 aromatic rings. The summed E-state index contributed by atoms with van der Waals surface area (Å²) in [5.74, 6) is 1.65. The second kappa shape index (κ2) is 8.17. The number of rotatable bonds is 5. The van der Waals surface area contributed by atoms with Gasteiger partial charge >= 0.3 is 0 Å². The van der Waals surface area contributed by atoms with Crippen LogP contribution in [0.5, 0.6) is 11.5 Å². The van der Waals surface area contributed by atoms with Crippen LogP contribution in [-0.4, -0.2) is 55.2 Å². The van der Waals surface area contributed by atoms with E-state index in [0.717, 1.165) is 49.8 Å². The SMILES string of the molecule is C[C@@H]1CN(CC2=Nc3cc(Oc4ccc(C5=CC=NC5)cc4)ccc3C2)C[C@H](C)O1. The molecular formula is C25H27N3O2. The Labute approximate surface area is 177 Å². The fourth-order valence-electron chi connectivity index (χ4n) is 4.46. The molecule has 0 amide bonds. The summed E-state index contributed by atoms with van der Waals surface area (Å²) in [6, 6.07) is 14.4. The second-order valence-electron chi connectivity index (χ2n) is 8.40. The number of nitrogens with zero attached hydrogens (tertiary/aromatic N) is 3. The van der Waals surface area contributed by atoms with Crippen LogP contribution in [0.4, 0.5) is 5.69 Å². The Balaban J connectivity index is 1.24. The molecule has 5 rings (SSSR count). The van der Waals surface area contributed by atoms with Crippen LogP contribution in [0.3, 0.4) is 0 Å². The molecule has 0 saturated carbocycles. The highest BCUT2D eigenvalue weighted by Crippen LogP contribution is 2.33. The monoisotopic (exact) mass is 401 g/mol. The van der Waals surface area contributed by atoms with Crippen LogP contribution in [0.2, 0.25) is 0 Å². The lowest BCUT2D eigenvalue weighted by Gasteiger charge is -2.35. The summed E-state index contributed by atoms with van der Waals surface area (Å²) in [4.78, 5) is 11.6. The van der Waals surface area contributed by atoms with Crippen molar-refractivity contribution in [2.24, 2.45) is 9.98 Å². The van der Waals surface area contributed by atoms with Gasteiger partial charge in [-0.2, -0.15) is 0 Å². The van der Waals surface area contributed by atoms with Crippen LogP contribution in [0.25, 0.3) is 5.57 Å². The molecule has 0 bridgehead atoms. The number of ether oxygens (including phenoxy) is 2. The molecule has 5 nitrogen and oxygen atoms in total. The molecule has 0 aromatic heterocycles. The first-order valence-electron chi connectivity index (χ1n) is 10.7. The maximum Gasteiger partial charge on any atom is 0.129 e. The zero-order valence-corrected chi connectivity index (χ0v) is 17.5. The number of fused-ring (bicyclic) bond motifs is 1. The molecule has 3 aliphatic rings. The van der Waals surface area contributed by atoms with E-state index in [1.165, 1.54) is 22.4 Å². The van der Waals surface area contributed by atoms with Gasteiger partial charge in [0.1, 0.15) is 11.5 Å². The Morgan fingerprint density at radius 1 is 1.03 bits per heavy atom. The van der Waals surface area contributed by atoms with Crippen molar-refractivity contribution < 1.29 is 9.47 Å². The van der Waals surface area contributed by atoms with Crippen LogP contribution in [0.15, 0.2) is 58.5 Å². The number of aliphatic imine (C=N–C) groups is 2. The Kier molecular flexibility index (Phi) is 5.23. The summed E-state index contributed by atoms with van der Waals surface area (Å²) >= 11 is 0. The van der Waals surface area contributed by atoms with E-state index in [4.69, 9.17) is 14.5 Å². The van der Waals surface area contributed by atoms with E-state index in [0.29, 0.717) is 0 Å². The van der Waals surface area contributed by atoms with Gasteiger partial charge in [0.05, 0.1) is 24.4 Å². The molecule has 5 heteroatoms. The van der Waals surface area contributed by atoms with Crippen molar-refractivity contribution >= 4 is 23.2 Å². The third-order valence-electron chi connectivity index (χ3n) is 5.73. The van der Waals surface area contributed by atoms with E-state index in [1.807, 2.05) is 30.5 Å². The van der Waals surface area contributed by atoms with Gasteiger partial charge in [0.15, 0.2) is 0 Å². The maximum atomic E-state index is 6.09. The van der Waals surface area contributed by atoms with Crippen LogP contribution < -0.4 is 4.74 Å². The molecule has 1 saturated heterocycles. The topological polar surface area (TPSA) is 46.4 Å². The summed E-state index contributed by atoms with van der Waals surface area (Å²) in [5.41, 5.74) is 5.96. The van der Waals surface area contributed by atoms with Crippen molar-refractivity contribution in [3.63, 3.8) is 0 Å². The first kappa shape index (κ1) is 19.2. The van der Waals surface area contributed by atoms with Crippen LogP contribution in [-0.2, 0) is 11.2 Å². The number of allylic oxidation sites excluding steroid dienone is 1. The molecule has 0 N–H and O–H groups in total. The Morgan fingerprint density at radius 3 is 2.53 bits per heavy atom. The molecule has 3 aliphatic heterocycles. The van der Waals surface area contributed by atoms with Crippen molar-refractivity contribution in [2.45, 2.75) is 32.5 Å². The lowest BCUT2D eigenvalue weighted by molar-refractivity contribution is -0.0635. The van der Waals surface area contributed by atoms with Crippen molar-refractivity contribution in [3.05, 3.63) is 59.7 Å². The molecule has 1 fully saturated rings. The number of hydrogen-bond donors (Lipinski definition) is 0. The van der Waals surface area contributed by atoms with Gasteiger partial charge in [-0.25, -0.2) is 0 Å². The molecule has 2 atom stereocenters. The molecule has 0 spiro atoms. The quantitative estimate of drug-likeness (QED) is 0.731. The summed E-state index contributed by atoms with van der Waals surface area (Å²) in [7, 11) is 0. The lowest BCUT2D eigenvalue weighted by atomic mass is 10.1. The highest BCUT2D eigenvalue weighted by atomic mass is 16.5. The van der Waals surface area contributed by atoms with Crippen molar-refractivity contribution in [3.8, 4) is 11.5 Å². The van der Waals surface area contributed by atoms with Gasteiger partial charge in [-0.05, 0) is 54.8 Å². The van der Waals surface area contributed by atoms with Crippen LogP contribution in [0, 0.1) is 0 Å². The second-order valence-corrected chi connectivity index (χ2v) is 8.40. The van der Waals surface area contributed by atoms with Crippen molar-refractivity contribution in [1.29, 1.82) is 0 Å². The van der Waals surface area contributed by atoms with Crippen molar-refractivity contribution in [2.75, 3.05) is 26.2 Å². The summed E-state index contributed by atoms with van der Waals surface area (Å²) in [5, 5.41) is 0. The normalized spacial score (nSPS) is 23.3. The first-order chi connectivity index (χ1) is 14.6. The molecule has 30 heavy (non-hydrogen) atoms. The van der Waals surface area contributed by atoms with E-state index in [1.54, 1.807) is 0 Å². The van der Waals surface area contributed by atoms with E-state index < -0.39 is 0 Å². The van der Waals surface area contributed by atoms with E-state index in [2.05, 4.69) is 48.0 Å².